The number of aliphatic carboxylic acids is 1. The molecule has 18 heavy (non-hydrogen) atoms. The van der Waals surface area contributed by atoms with Crippen molar-refractivity contribution in [3.05, 3.63) is 0 Å². The first-order valence-electron chi connectivity index (χ1n) is 6.84. The zero-order chi connectivity index (χ0) is 13.2. The highest BCUT2D eigenvalue weighted by molar-refractivity contribution is 5.87. The van der Waals surface area contributed by atoms with Gasteiger partial charge in [-0.3, -0.25) is 4.79 Å². The molecule has 0 bridgehead atoms. The van der Waals surface area contributed by atoms with Crippen molar-refractivity contribution < 1.29 is 14.7 Å². The summed E-state index contributed by atoms with van der Waals surface area (Å²) >= 11 is 0. The number of hydrogen-bond acceptors (Lipinski definition) is 3. The van der Waals surface area contributed by atoms with Gasteiger partial charge < -0.3 is 15.3 Å². The molecule has 2 heterocycles. The molecule has 0 aliphatic carbocycles. The van der Waals surface area contributed by atoms with Gasteiger partial charge in [-0.15, -0.1) is 0 Å². The Bertz CT molecular complexity index is 339. The lowest BCUT2D eigenvalue weighted by molar-refractivity contribution is -0.157. The Morgan fingerprint density at radius 3 is 2.83 bits per heavy atom. The number of nitrogens with one attached hydrogen (secondary N) is 1. The van der Waals surface area contributed by atoms with E-state index in [2.05, 4.69) is 5.32 Å². The van der Waals surface area contributed by atoms with Crippen LogP contribution in [0.2, 0.25) is 0 Å². The molecule has 0 saturated carbocycles. The van der Waals surface area contributed by atoms with Crippen LogP contribution in [0.4, 0.5) is 0 Å². The summed E-state index contributed by atoms with van der Waals surface area (Å²) in [5.41, 5.74) is -0.941. The molecule has 0 radical (unpaired) electrons. The van der Waals surface area contributed by atoms with Crippen LogP contribution in [0, 0.1) is 5.92 Å². The molecule has 2 unspecified atom stereocenters. The Labute approximate surface area is 108 Å². The Morgan fingerprint density at radius 1 is 1.50 bits per heavy atom. The first-order valence-corrected chi connectivity index (χ1v) is 6.84. The molecule has 102 valence electrons. The largest absolute Gasteiger partial charge is 0.479 e. The second-order valence-electron chi connectivity index (χ2n) is 5.40. The van der Waals surface area contributed by atoms with E-state index in [1.165, 1.54) is 0 Å². The molecule has 5 heteroatoms. The maximum Gasteiger partial charge on any atom is 0.329 e. The summed E-state index contributed by atoms with van der Waals surface area (Å²) in [6, 6.07) is 0. The van der Waals surface area contributed by atoms with E-state index in [0.29, 0.717) is 31.7 Å². The van der Waals surface area contributed by atoms with E-state index in [0.717, 1.165) is 25.9 Å². The fourth-order valence-corrected chi connectivity index (χ4v) is 3.23. The lowest BCUT2D eigenvalue weighted by Crippen LogP contribution is -2.53. The molecule has 1 amide bonds. The summed E-state index contributed by atoms with van der Waals surface area (Å²) < 4.78 is 0. The average molecular weight is 254 g/mol. The first-order chi connectivity index (χ1) is 8.60. The normalized spacial score (nSPS) is 31.8. The lowest BCUT2D eigenvalue weighted by atomic mass is 9.92. The van der Waals surface area contributed by atoms with Gasteiger partial charge in [0.15, 0.2) is 0 Å². The Hall–Kier alpha value is -1.10. The zero-order valence-corrected chi connectivity index (χ0v) is 10.9. The van der Waals surface area contributed by atoms with E-state index in [9.17, 15) is 14.7 Å². The molecular formula is C13H22N2O3. The molecule has 2 aliphatic heterocycles. The van der Waals surface area contributed by atoms with Gasteiger partial charge in [-0.1, -0.05) is 6.92 Å². The monoisotopic (exact) mass is 254 g/mol. The predicted octanol–water partition coefficient (Wildman–Crippen LogP) is 0.842. The van der Waals surface area contributed by atoms with Crippen molar-refractivity contribution in [3.8, 4) is 0 Å². The van der Waals surface area contributed by atoms with Gasteiger partial charge in [0.25, 0.3) is 0 Å². The molecule has 2 saturated heterocycles. The van der Waals surface area contributed by atoms with Gasteiger partial charge in [0, 0.05) is 13.0 Å². The zero-order valence-electron chi connectivity index (χ0n) is 10.9. The SMILES string of the molecule is CCC1(C(=O)O)CCCN1C(=O)CC1CCNC1. The van der Waals surface area contributed by atoms with Crippen molar-refractivity contribution in [2.75, 3.05) is 19.6 Å². The van der Waals surface area contributed by atoms with Gasteiger partial charge in [-0.05, 0) is 44.7 Å². The van der Waals surface area contributed by atoms with Crippen LogP contribution in [-0.2, 0) is 9.59 Å². The lowest BCUT2D eigenvalue weighted by Gasteiger charge is -2.34. The molecule has 0 spiro atoms. The Morgan fingerprint density at radius 2 is 2.28 bits per heavy atom. The highest BCUT2D eigenvalue weighted by atomic mass is 16.4. The minimum atomic E-state index is -0.941. The number of carbonyl (C=O) groups excluding carboxylic acids is 1. The minimum Gasteiger partial charge on any atom is -0.479 e. The number of carboxylic acids is 1. The molecule has 2 aliphatic rings. The number of likely N-dealkylation sites (tertiary alicyclic amines) is 1. The van der Waals surface area contributed by atoms with E-state index in [1.54, 1.807) is 4.90 Å². The predicted molar refractivity (Wildman–Crippen MR) is 67.2 cm³/mol. The summed E-state index contributed by atoms with van der Waals surface area (Å²) in [6.07, 6.45) is 3.40. The first kappa shape index (κ1) is 13.3. The second kappa shape index (κ2) is 5.26. The molecular weight excluding hydrogens is 232 g/mol. The van der Waals surface area contributed by atoms with Gasteiger partial charge >= 0.3 is 5.97 Å². The van der Waals surface area contributed by atoms with Crippen LogP contribution >= 0.6 is 0 Å². The van der Waals surface area contributed by atoms with Gasteiger partial charge in [0.05, 0.1) is 0 Å². The van der Waals surface area contributed by atoms with Crippen molar-refractivity contribution in [1.82, 2.24) is 10.2 Å². The van der Waals surface area contributed by atoms with Crippen LogP contribution in [0.25, 0.3) is 0 Å². The van der Waals surface area contributed by atoms with Crippen molar-refractivity contribution >= 4 is 11.9 Å². The quantitative estimate of drug-likeness (QED) is 0.780. The van der Waals surface area contributed by atoms with E-state index >= 15 is 0 Å². The van der Waals surface area contributed by atoms with Crippen molar-refractivity contribution in [3.63, 3.8) is 0 Å². The highest BCUT2D eigenvalue weighted by Gasteiger charge is 2.48. The van der Waals surface area contributed by atoms with Crippen molar-refractivity contribution in [1.29, 1.82) is 0 Å². The average Bonchev–Trinajstić information content (AvgIpc) is 2.96. The van der Waals surface area contributed by atoms with Crippen molar-refractivity contribution in [2.24, 2.45) is 5.92 Å². The van der Waals surface area contributed by atoms with E-state index < -0.39 is 11.5 Å². The third-order valence-corrected chi connectivity index (χ3v) is 4.40. The summed E-state index contributed by atoms with van der Waals surface area (Å²) in [7, 11) is 0. The van der Waals surface area contributed by atoms with Gasteiger partial charge in [-0.25, -0.2) is 4.79 Å². The summed E-state index contributed by atoms with van der Waals surface area (Å²) in [5.74, 6) is -0.452. The van der Waals surface area contributed by atoms with Crippen LogP contribution in [0.5, 0.6) is 0 Å². The molecule has 0 aromatic rings. The third kappa shape index (κ3) is 2.23. The minimum absolute atomic E-state index is 0.0189. The fraction of sp³-hybridized carbons (Fsp3) is 0.846. The topological polar surface area (TPSA) is 69.6 Å². The molecule has 5 nitrogen and oxygen atoms in total. The second-order valence-corrected chi connectivity index (χ2v) is 5.40. The number of rotatable bonds is 4. The number of carboxylic acid groups (broad SMARTS) is 1. The van der Waals surface area contributed by atoms with E-state index in [-0.39, 0.29) is 5.91 Å². The van der Waals surface area contributed by atoms with E-state index in [1.807, 2.05) is 6.92 Å². The Balaban J connectivity index is 2.05. The smallest absolute Gasteiger partial charge is 0.329 e. The number of nitrogens with zero attached hydrogens (tertiary/aromatic N) is 1. The van der Waals surface area contributed by atoms with Crippen molar-refractivity contribution in [2.45, 2.75) is 44.6 Å². The summed E-state index contributed by atoms with van der Waals surface area (Å²) in [4.78, 5) is 25.4. The van der Waals surface area contributed by atoms with Crippen LogP contribution in [0.1, 0.15) is 39.0 Å². The van der Waals surface area contributed by atoms with Crippen LogP contribution in [-0.4, -0.2) is 47.1 Å². The summed E-state index contributed by atoms with van der Waals surface area (Å²) in [6.45, 7) is 4.30. The molecule has 2 N–H and O–H groups in total. The molecule has 2 atom stereocenters. The van der Waals surface area contributed by atoms with Gasteiger partial charge in [-0.2, -0.15) is 0 Å². The molecule has 0 aromatic heterocycles. The van der Waals surface area contributed by atoms with E-state index in [4.69, 9.17) is 0 Å². The third-order valence-electron chi connectivity index (χ3n) is 4.40. The van der Waals surface area contributed by atoms with Crippen LogP contribution in [0.3, 0.4) is 0 Å². The van der Waals surface area contributed by atoms with Gasteiger partial charge in [0.2, 0.25) is 5.91 Å². The van der Waals surface area contributed by atoms with Crippen LogP contribution < -0.4 is 5.32 Å². The molecule has 2 fully saturated rings. The number of hydrogen-bond donors (Lipinski definition) is 2. The maximum atomic E-state index is 12.3. The summed E-state index contributed by atoms with van der Waals surface area (Å²) in [5, 5.41) is 12.7. The number of amides is 1. The molecule has 2 rings (SSSR count). The molecule has 0 aromatic carbocycles. The Kier molecular flexibility index (Phi) is 3.90. The number of carbonyl (C=O) groups is 2. The van der Waals surface area contributed by atoms with Crippen LogP contribution in [0.15, 0.2) is 0 Å². The fourth-order valence-electron chi connectivity index (χ4n) is 3.23. The standard InChI is InChI=1S/C13H22N2O3/c1-2-13(12(17)18)5-3-7-15(13)11(16)8-10-4-6-14-9-10/h10,14H,2-9H2,1H3,(H,17,18). The van der Waals surface area contributed by atoms with Gasteiger partial charge in [0.1, 0.15) is 5.54 Å². The highest BCUT2D eigenvalue weighted by Crippen LogP contribution is 2.34. The maximum absolute atomic E-state index is 12.3.